The van der Waals surface area contributed by atoms with Gasteiger partial charge in [0.15, 0.2) is 0 Å². The molecule has 0 amide bonds. The van der Waals surface area contributed by atoms with E-state index in [9.17, 15) is 13.9 Å². The van der Waals surface area contributed by atoms with Crippen molar-refractivity contribution in [2.75, 3.05) is 0 Å². The SMILES string of the molecule is OC1CCC(F)(CCC2c3nc(F)ccc3-c3cncn32)CC1. The van der Waals surface area contributed by atoms with Crippen molar-refractivity contribution in [3.05, 3.63) is 36.3 Å². The van der Waals surface area contributed by atoms with Crippen LogP contribution in [-0.4, -0.2) is 31.4 Å². The molecule has 1 unspecified atom stereocenters. The monoisotopic (exact) mass is 319 g/mol. The molecule has 2 aliphatic rings. The Hall–Kier alpha value is -1.82. The van der Waals surface area contributed by atoms with Crippen LogP contribution >= 0.6 is 0 Å². The van der Waals surface area contributed by atoms with E-state index < -0.39 is 11.6 Å². The molecule has 0 aromatic carbocycles. The summed E-state index contributed by atoms with van der Waals surface area (Å²) in [6, 6.07) is 2.89. The molecule has 2 aromatic heterocycles. The fraction of sp³-hybridized carbons (Fsp3) is 0.529. The quantitative estimate of drug-likeness (QED) is 0.882. The fourth-order valence-corrected chi connectivity index (χ4v) is 3.86. The number of hydrogen-bond donors (Lipinski definition) is 1. The van der Waals surface area contributed by atoms with E-state index in [2.05, 4.69) is 9.97 Å². The summed E-state index contributed by atoms with van der Waals surface area (Å²) in [7, 11) is 0. The predicted octanol–water partition coefficient (Wildman–Crippen LogP) is 3.41. The lowest BCUT2D eigenvalue weighted by molar-refractivity contribution is 0.0252. The Morgan fingerprint density at radius 2 is 2.09 bits per heavy atom. The number of nitrogens with zero attached hydrogens (tertiary/aromatic N) is 3. The molecule has 1 saturated carbocycles. The number of hydrogen-bond acceptors (Lipinski definition) is 3. The van der Waals surface area contributed by atoms with E-state index in [-0.39, 0.29) is 12.1 Å². The van der Waals surface area contributed by atoms with Crippen molar-refractivity contribution < 1.29 is 13.9 Å². The van der Waals surface area contributed by atoms with Gasteiger partial charge in [0.05, 0.1) is 36.1 Å². The normalized spacial score (nSPS) is 29.3. The lowest BCUT2D eigenvalue weighted by Gasteiger charge is -2.32. The van der Waals surface area contributed by atoms with Crippen molar-refractivity contribution in [3.63, 3.8) is 0 Å². The van der Waals surface area contributed by atoms with Gasteiger partial charge in [-0.2, -0.15) is 4.39 Å². The maximum absolute atomic E-state index is 14.9. The molecule has 2 aromatic rings. The van der Waals surface area contributed by atoms with Gasteiger partial charge in [-0.25, -0.2) is 14.4 Å². The second-order valence-electron chi connectivity index (χ2n) is 6.69. The van der Waals surface area contributed by atoms with Gasteiger partial charge in [0.1, 0.15) is 5.67 Å². The van der Waals surface area contributed by atoms with Crippen molar-refractivity contribution in [3.8, 4) is 11.3 Å². The second-order valence-corrected chi connectivity index (χ2v) is 6.69. The number of rotatable bonds is 3. The minimum atomic E-state index is -1.24. The lowest BCUT2D eigenvalue weighted by Crippen LogP contribution is -2.32. The van der Waals surface area contributed by atoms with E-state index in [1.807, 2.05) is 4.57 Å². The van der Waals surface area contributed by atoms with Crippen molar-refractivity contribution in [2.24, 2.45) is 0 Å². The third kappa shape index (κ3) is 2.55. The first-order valence-electron chi connectivity index (χ1n) is 8.11. The van der Waals surface area contributed by atoms with Crippen LogP contribution in [0.1, 0.15) is 50.3 Å². The van der Waals surface area contributed by atoms with Gasteiger partial charge in [-0.05, 0) is 50.7 Å². The minimum Gasteiger partial charge on any atom is -0.393 e. The third-order valence-electron chi connectivity index (χ3n) is 5.20. The number of imidazole rings is 1. The Morgan fingerprint density at radius 1 is 1.30 bits per heavy atom. The number of aromatic nitrogens is 3. The van der Waals surface area contributed by atoms with Gasteiger partial charge in [-0.3, -0.25) is 0 Å². The van der Waals surface area contributed by atoms with Gasteiger partial charge in [0.25, 0.3) is 0 Å². The average molecular weight is 319 g/mol. The Labute approximate surface area is 133 Å². The Morgan fingerprint density at radius 3 is 2.87 bits per heavy atom. The molecular formula is C17H19F2N3O. The highest BCUT2D eigenvalue weighted by Gasteiger charge is 2.37. The number of fused-ring (bicyclic) bond motifs is 3. The zero-order valence-corrected chi connectivity index (χ0v) is 12.8. The van der Waals surface area contributed by atoms with Crippen LogP contribution in [0.15, 0.2) is 24.7 Å². The first-order valence-corrected chi connectivity index (χ1v) is 8.11. The number of halogens is 2. The van der Waals surface area contributed by atoms with Gasteiger partial charge in [0, 0.05) is 5.56 Å². The molecule has 6 heteroatoms. The number of aliphatic hydroxyl groups is 1. The van der Waals surface area contributed by atoms with Crippen LogP contribution in [0, 0.1) is 5.95 Å². The molecule has 0 spiro atoms. The maximum atomic E-state index is 14.9. The molecule has 1 aliphatic heterocycles. The highest BCUT2D eigenvalue weighted by Crippen LogP contribution is 2.43. The average Bonchev–Trinajstić information content (AvgIpc) is 3.09. The van der Waals surface area contributed by atoms with Gasteiger partial charge in [0.2, 0.25) is 5.95 Å². The molecule has 1 N–H and O–H groups in total. The topological polar surface area (TPSA) is 50.9 Å². The highest BCUT2D eigenvalue weighted by atomic mass is 19.1. The lowest BCUT2D eigenvalue weighted by atomic mass is 9.81. The van der Waals surface area contributed by atoms with Crippen LogP contribution in [0.2, 0.25) is 0 Å². The van der Waals surface area contributed by atoms with Gasteiger partial charge in [-0.1, -0.05) is 0 Å². The summed E-state index contributed by atoms with van der Waals surface area (Å²) in [5.41, 5.74) is 1.21. The number of pyridine rings is 1. The smallest absolute Gasteiger partial charge is 0.213 e. The zero-order valence-electron chi connectivity index (χ0n) is 12.8. The predicted molar refractivity (Wildman–Crippen MR) is 81.1 cm³/mol. The molecule has 23 heavy (non-hydrogen) atoms. The molecule has 0 bridgehead atoms. The van der Waals surface area contributed by atoms with E-state index in [0.29, 0.717) is 44.2 Å². The molecule has 1 fully saturated rings. The van der Waals surface area contributed by atoms with Gasteiger partial charge < -0.3 is 9.67 Å². The first kappa shape index (κ1) is 14.8. The maximum Gasteiger partial charge on any atom is 0.213 e. The standard InChI is InChI=1S/C17H19F2N3O/c18-15-2-1-12-14-9-20-10-22(14)13(16(12)21-15)5-8-17(19)6-3-11(23)4-7-17/h1-2,9-11,13,23H,3-8H2. The van der Waals surface area contributed by atoms with Gasteiger partial charge >= 0.3 is 0 Å². The Kier molecular flexibility index (Phi) is 3.44. The number of alkyl halides is 1. The van der Waals surface area contributed by atoms with Gasteiger partial charge in [-0.15, -0.1) is 0 Å². The highest BCUT2D eigenvalue weighted by molar-refractivity contribution is 5.66. The van der Waals surface area contributed by atoms with Crippen LogP contribution in [0.3, 0.4) is 0 Å². The largest absolute Gasteiger partial charge is 0.393 e. The van der Waals surface area contributed by atoms with Crippen LogP contribution < -0.4 is 0 Å². The van der Waals surface area contributed by atoms with Crippen LogP contribution in [-0.2, 0) is 0 Å². The summed E-state index contributed by atoms with van der Waals surface area (Å²) in [6.45, 7) is 0. The fourth-order valence-electron chi connectivity index (χ4n) is 3.86. The van der Waals surface area contributed by atoms with Crippen molar-refractivity contribution in [1.29, 1.82) is 0 Å². The molecule has 4 rings (SSSR count). The summed E-state index contributed by atoms with van der Waals surface area (Å²) >= 11 is 0. The van der Waals surface area contributed by atoms with E-state index in [1.165, 1.54) is 6.07 Å². The van der Waals surface area contributed by atoms with Crippen LogP contribution in [0.4, 0.5) is 8.78 Å². The summed E-state index contributed by atoms with van der Waals surface area (Å²) in [4.78, 5) is 8.19. The van der Waals surface area contributed by atoms with Crippen molar-refractivity contribution in [1.82, 2.24) is 14.5 Å². The third-order valence-corrected chi connectivity index (χ3v) is 5.20. The molecule has 1 aliphatic carbocycles. The zero-order chi connectivity index (χ0) is 16.0. The Balaban J connectivity index is 1.57. The summed E-state index contributed by atoms with van der Waals surface area (Å²) < 4.78 is 30.4. The first-order chi connectivity index (χ1) is 11.1. The number of aliphatic hydroxyl groups excluding tert-OH is 1. The minimum absolute atomic E-state index is 0.169. The molecule has 1 atom stereocenters. The van der Waals surface area contributed by atoms with E-state index in [4.69, 9.17) is 0 Å². The molecule has 0 saturated heterocycles. The molecular weight excluding hydrogens is 300 g/mol. The van der Waals surface area contributed by atoms with Crippen LogP contribution in [0.5, 0.6) is 0 Å². The molecule has 0 radical (unpaired) electrons. The van der Waals surface area contributed by atoms with E-state index in [0.717, 1.165) is 11.3 Å². The summed E-state index contributed by atoms with van der Waals surface area (Å²) in [5, 5.41) is 9.55. The van der Waals surface area contributed by atoms with Crippen LogP contribution in [0.25, 0.3) is 11.3 Å². The van der Waals surface area contributed by atoms with Crippen molar-refractivity contribution in [2.45, 2.75) is 56.3 Å². The molecule has 4 nitrogen and oxygen atoms in total. The molecule has 3 heterocycles. The Bertz CT molecular complexity index is 722. The summed E-state index contributed by atoms with van der Waals surface area (Å²) in [6.07, 6.45) is 5.82. The summed E-state index contributed by atoms with van der Waals surface area (Å²) in [5.74, 6) is -0.511. The second kappa shape index (κ2) is 5.37. The van der Waals surface area contributed by atoms with Crippen molar-refractivity contribution >= 4 is 0 Å². The molecule has 122 valence electrons. The van der Waals surface area contributed by atoms with E-state index in [1.54, 1.807) is 18.6 Å². The van der Waals surface area contributed by atoms with E-state index >= 15 is 0 Å².